The number of aromatic nitrogens is 2. The van der Waals surface area contributed by atoms with Crippen molar-refractivity contribution < 1.29 is 9.53 Å². The smallest absolute Gasteiger partial charge is 0.266 e. The Morgan fingerprint density at radius 3 is 2.70 bits per heavy atom. The molecule has 2 aromatic rings. The molecule has 142 valence electrons. The summed E-state index contributed by atoms with van der Waals surface area (Å²) in [7, 11) is 0. The zero-order chi connectivity index (χ0) is 19.2. The summed E-state index contributed by atoms with van der Waals surface area (Å²) in [5.74, 6) is 0.806. The van der Waals surface area contributed by atoms with Crippen LogP contribution in [0.3, 0.4) is 0 Å². The first kappa shape index (κ1) is 19.1. The molecule has 0 saturated carbocycles. The van der Waals surface area contributed by atoms with Crippen molar-refractivity contribution in [1.82, 2.24) is 15.2 Å². The summed E-state index contributed by atoms with van der Waals surface area (Å²) in [6.07, 6.45) is 2.00. The van der Waals surface area contributed by atoms with Gasteiger partial charge in [-0.1, -0.05) is 18.5 Å². The Bertz CT molecular complexity index is 893. The maximum absolute atomic E-state index is 11.6. The predicted octanol–water partition coefficient (Wildman–Crippen LogP) is 2.62. The molecule has 0 fully saturated rings. The van der Waals surface area contributed by atoms with Crippen molar-refractivity contribution in [3.8, 4) is 5.75 Å². The van der Waals surface area contributed by atoms with E-state index in [0.717, 1.165) is 29.9 Å². The van der Waals surface area contributed by atoms with Crippen LogP contribution in [0.4, 0.5) is 0 Å². The maximum Gasteiger partial charge on any atom is 0.266 e. The van der Waals surface area contributed by atoms with Crippen molar-refractivity contribution in [2.75, 3.05) is 6.61 Å². The quantitative estimate of drug-likeness (QED) is 0.739. The van der Waals surface area contributed by atoms with Crippen LogP contribution in [0.2, 0.25) is 5.15 Å². The number of nitrogens with zero attached hydrogens (tertiary/aromatic N) is 3. The van der Waals surface area contributed by atoms with Crippen LogP contribution in [0.5, 0.6) is 5.75 Å². The van der Waals surface area contributed by atoms with Crippen molar-refractivity contribution in [2.24, 2.45) is 11.0 Å². The van der Waals surface area contributed by atoms with Gasteiger partial charge < -0.3 is 4.74 Å². The van der Waals surface area contributed by atoms with Gasteiger partial charge >= 0.3 is 0 Å². The van der Waals surface area contributed by atoms with Gasteiger partial charge in [-0.2, -0.15) is 10.2 Å². The average molecular weight is 389 g/mol. The molecular weight excluding hydrogens is 368 g/mol. The third-order valence-corrected chi connectivity index (χ3v) is 4.48. The third-order valence-electron chi connectivity index (χ3n) is 4.28. The lowest BCUT2D eigenvalue weighted by Gasteiger charge is -2.19. The molecule has 0 spiro atoms. The highest BCUT2D eigenvalue weighted by Gasteiger charge is 2.21. The fourth-order valence-electron chi connectivity index (χ4n) is 2.86. The Morgan fingerprint density at radius 1 is 1.19 bits per heavy atom. The zero-order valence-electron chi connectivity index (χ0n) is 15.0. The summed E-state index contributed by atoms with van der Waals surface area (Å²) in [4.78, 5) is 23.0. The van der Waals surface area contributed by atoms with Crippen molar-refractivity contribution in [3.63, 3.8) is 0 Å². The highest BCUT2D eigenvalue weighted by Crippen LogP contribution is 2.19. The van der Waals surface area contributed by atoms with Crippen LogP contribution in [0.1, 0.15) is 31.7 Å². The molecule has 1 aromatic carbocycles. The largest absolute Gasteiger partial charge is 0.494 e. The number of hydrazone groups is 1. The van der Waals surface area contributed by atoms with Gasteiger partial charge in [0.05, 0.1) is 12.3 Å². The second-order valence-electron chi connectivity index (χ2n) is 6.43. The molecule has 1 aliphatic rings. The number of unbranched alkanes of at least 4 members (excludes halogenated alkanes) is 1. The molecule has 1 aliphatic heterocycles. The van der Waals surface area contributed by atoms with Gasteiger partial charge in [-0.15, -0.1) is 0 Å². The maximum atomic E-state index is 11.6. The van der Waals surface area contributed by atoms with Crippen LogP contribution >= 0.6 is 11.6 Å². The van der Waals surface area contributed by atoms with Crippen LogP contribution < -0.4 is 15.7 Å². The number of ether oxygens (including phenoxy) is 1. The van der Waals surface area contributed by atoms with Gasteiger partial charge in [-0.05, 0) is 48.7 Å². The number of hydrogen-bond donors (Lipinski definition) is 1. The van der Waals surface area contributed by atoms with Gasteiger partial charge in [0.1, 0.15) is 10.9 Å². The number of benzene rings is 1. The van der Waals surface area contributed by atoms with Crippen LogP contribution in [-0.2, 0) is 11.3 Å². The summed E-state index contributed by atoms with van der Waals surface area (Å²) >= 11 is 5.80. The molecule has 0 saturated heterocycles. The molecule has 1 N–H and O–H groups in total. The first-order chi connectivity index (χ1) is 13.0. The van der Waals surface area contributed by atoms with Crippen LogP contribution in [0, 0.1) is 5.92 Å². The minimum Gasteiger partial charge on any atom is -0.494 e. The minimum atomic E-state index is -0.160. The monoisotopic (exact) mass is 388 g/mol. The molecule has 27 heavy (non-hydrogen) atoms. The number of carbonyl (C=O) groups is 1. The van der Waals surface area contributed by atoms with E-state index in [1.165, 1.54) is 16.8 Å². The molecule has 0 radical (unpaired) electrons. The fraction of sp³-hybridized carbons (Fsp3) is 0.368. The van der Waals surface area contributed by atoms with Gasteiger partial charge in [-0.3, -0.25) is 9.59 Å². The number of rotatable bonds is 7. The summed E-state index contributed by atoms with van der Waals surface area (Å²) in [6.45, 7) is 3.04. The lowest BCUT2D eigenvalue weighted by Crippen LogP contribution is -2.31. The van der Waals surface area contributed by atoms with Gasteiger partial charge in [-0.25, -0.2) is 10.1 Å². The summed E-state index contributed by atoms with van der Waals surface area (Å²) in [5.41, 5.74) is 4.21. The van der Waals surface area contributed by atoms with Crippen LogP contribution in [0.15, 0.2) is 46.3 Å². The predicted molar refractivity (Wildman–Crippen MR) is 103 cm³/mol. The van der Waals surface area contributed by atoms with Crippen molar-refractivity contribution in [3.05, 3.63) is 57.5 Å². The van der Waals surface area contributed by atoms with Crippen molar-refractivity contribution in [2.45, 2.75) is 32.7 Å². The Labute approximate surface area is 162 Å². The highest BCUT2D eigenvalue weighted by molar-refractivity contribution is 6.29. The fourth-order valence-corrected chi connectivity index (χ4v) is 3.02. The van der Waals surface area contributed by atoms with Gasteiger partial charge in [0.15, 0.2) is 0 Å². The van der Waals surface area contributed by atoms with E-state index in [4.69, 9.17) is 16.3 Å². The second kappa shape index (κ2) is 8.81. The lowest BCUT2D eigenvalue weighted by molar-refractivity contribution is -0.121. The van der Waals surface area contributed by atoms with Crippen LogP contribution in [-0.4, -0.2) is 28.0 Å². The van der Waals surface area contributed by atoms with Crippen LogP contribution in [0.25, 0.3) is 0 Å². The lowest BCUT2D eigenvalue weighted by atomic mass is 9.94. The molecule has 0 aliphatic carbocycles. The van der Waals surface area contributed by atoms with E-state index >= 15 is 0 Å². The van der Waals surface area contributed by atoms with E-state index in [9.17, 15) is 9.59 Å². The molecule has 1 atom stereocenters. The first-order valence-electron chi connectivity index (χ1n) is 8.86. The Morgan fingerprint density at radius 2 is 1.96 bits per heavy atom. The molecular formula is C19H21ClN4O3. The Kier molecular flexibility index (Phi) is 6.24. The SMILES string of the molecule is CC1CC(=O)NN=C1c1ccc(OCCCCn2nc(Cl)ccc2=O)cc1. The molecule has 0 bridgehead atoms. The topological polar surface area (TPSA) is 85.6 Å². The first-order valence-corrected chi connectivity index (χ1v) is 9.24. The number of halogens is 1. The summed E-state index contributed by atoms with van der Waals surface area (Å²) in [5, 5.41) is 8.45. The molecule has 1 amide bonds. The van der Waals surface area contributed by atoms with Crippen molar-refractivity contribution >= 4 is 23.2 Å². The normalized spacial score (nSPS) is 16.6. The summed E-state index contributed by atoms with van der Waals surface area (Å²) < 4.78 is 7.10. The number of carbonyl (C=O) groups excluding carboxylic acids is 1. The molecule has 3 rings (SSSR count). The Balaban J connectivity index is 1.46. The van der Waals surface area contributed by atoms with E-state index < -0.39 is 0 Å². The van der Waals surface area contributed by atoms with E-state index in [1.807, 2.05) is 31.2 Å². The number of aryl methyl sites for hydroxylation is 1. The zero-order valence-corrected chi connectivity index (χ0v) is 15.8. The average Bonchev–Trinajstić information content (AvgIpc) is 2.65. The Hall–Kier alpha value is -2.67. The molecule has 1 unspecified atom stereocenters. The minimum absolute atomic E-state index is 0.0542. The van der Waals surface area contributed by atoms with Gasteiger partial charge in [0, 0.05) is 24.9 Å². The van der Waals surface area contributed by atoms with E-state index in [-0.39, 0.29) is 17.4 Å². The molecule has 1 aromatic heterocycles. The molecule has 8 heteroatoms. The third kappa shape index (κ3) is 5.17. The summed E-state index contributed by atoms with van der Waals surface area (Å²) in [6, 6.07) is 10.6. The van der Waals surface area contributed by atoms with Gasteiger partial charge in [0.25, 0.3) is 5.56 Å². The second-order valence-corrected chi connectivity index (χ2v) is 6.82. The number of amides is 1. The molecule has 7 nitrogen and oxygen atoms in total. The highest BCUT2D eigenvalue weighted by atomic mass is 35.5. The van der Waals surface area contributed by atoms with Gasteiger partial charge in [0.2, 0.25) is 5.91 Å². The number of hydrogen-bond acceptors (Lipinski definition) is 5. The molecule has 2 heterocycles. The van der Waals surface area contributed by atoms with Crippen molar-refractivity contribution in [1.29, 1.82) is 0 Å². The van der Waals surface area contributed by atoms with E-state index in [0.29, 0.717) is 24.7 Å². The number of nitrogens with one attached hydrogen (secondary N) is 1. The van der Waals surface area contributed by atoms with E-state index in [2.05, 4.69) is 15.6 Å². The van der Waals surface area contributed by atoms with E-state index in [1.54, 1.807) is 0 Å². The standard InChI is InChI=1S/C19H21ClN4O3/c1-13-12-17(25)21-22-19(13)14-4-6-15(7-5-14)27-11-3-2-10-24-18(26)9-8-16(20)23-24/h4-9,13H,2-3,10-12H2,1H3,(H,21,25).